The second-order valence-corrected chi connectivity index (χ2v) is 7.70. The van der Waals surface area contributed by atoms with E-state index in [-0.39, 0.29) is 12.9 Å². The zero-order valence-electron chi connectivity index (χ0n) is 15.5. The van der Waals surface area contributed by atoms with Crippen molar-refractivity contribution in [3.8, 4) is 0 Å². The van der Waals surface area contributed by atoms with Gasteiger partial charge in [0.15, 0.2) is 6.29 Å². The molecule has 142 valence electrons. The fraction of sp³-hybridized carbons (Fsp3) is 0.941. The first-order chi connectivity index (χ1) is 11.3. The van der Waals surface area contributed by atoms with E-state index in [1.165, 1.54) is 12.8 Å². The second-order valence-electron chi connectivity index (χ2n) is 7.70. The van der Waals surface area contributed by atoms with Crippen LogP contribution < -0.4 is 11.0 Å². The number of aliphatic hydroxyl groups is 2. The Bertz CT molecular complexity index is 360. The molecule has 0 aliphatic carbocycles. The van der Waals surface area contributed by atoms with E-state index in [0.717, 1.165) is 12.8 Å². The van der Waals surface area contributed by atoms with E-state index in [1.807, 2.05) is 6.92 Å². The van der Waals surface area contributed by atoms with Crippen LogP contribution in [0.3, 0.4) is 0 Å². The van der Waals surface area contributed by atoms with Crippen molar-refractivity contribution >= 4 is 6.21 Å². The quantitative estimate of drug-likeness (QED) is 0.546. The number of hydrazine groups is 1. The van der Waals surface area contributed by atoms with Gasteiger partial charge in [-0.25, -0.2) is 11.0 Å². The first-order valence-electron chi connectivity index (χ1n) is 8.91. The van der Waals surface area contributed by atoms with Crippen molar-refractivity contribution in [3.05, 3.63) is 0 Å². The largest absolute Gasteiger partial charge is 0.390 e. The van der Waals surface area contributed by atoms with Crippen LogP contribution in [0.25, 0.3) is 0 Å². The Labute approximate surface area is 145 Å². The minimum atomic E-state index is -0.767. The Hall–Kier alpha value is -0.730. The summed E-state index contributed by atoms with van der Waals surface area (Å²) in [6.45, 7) is 9.61. The molecule has 4 N–H and O–H groups in total. The molecule has 0 aromatic heterocycles. The number of nitrogens with one attached hydrogen (secondary N) is 2. The monoisotopic (exact) mass is 345 g/mol. The van der Waals surface area contributed by atoms with Crippen LogP contribution in [0, 0.1) is 5.41 Å². The molecule has 2 aliphatic heterocycles. The lowest BCUT2D eigenvalue weighted by Crippen LogP contribution is -2.42. The molecular formula is C17H35N3O4. The third-order valence-electron chi connectivity index (χ3n) is 3.86. The van der Waals surface area contributed by atoms with Gasteiger partial charge in [-0.2, -0.15) is 5.10 Å². The molecule has 0 aromatic rings. The van der Waals surface area contributed by atoms with Crippen LogP contribution >= 0.6 is 0 Å². The van der Waals surface area contributed by atoms with Gasteiger partial charge in [-0.05, 0) is 25.2 Å². The van der Waals surface area contributed by atoms with Gasteiger partial charge in [0.05, 0.1) is 18.8 Å². The number of nitrogens with zero attached hydrogens (tertiary/aromatic N) is 1. The zero-order valence-corrected chi connectivity index (χ0v) is 15.5. The molecule has 0 aromatic carbocycles. The number of hydrazone groups is 1. The summed E-state index contributed by atoms with van der Waals surface area (Å²) >= 11 is 0. The van der Waals surface area contributed by atoms with E-state index < -0.39 is 12.2 Å². The summed E-state index contributed by atoms with van der Waals surface area (Å²) in [6, 6.07) is 0.394. The summed E-state index contributed by atoms with van der Waals surface area (Å²) in [6.07, 6.45) is 4.97. The van der Waals surface area contributed by atoms with E-state index >= 15 is 0 Å². The molecular weight excluding hydrogens is 310 g/mol. The lowest BCUT2D eigenvalue weighted by Gasteiger charge is -2.30. The third kappa shape index (κ3) is 10.2. The summed E-state index contributed by atoms with van der Waals surface area (Å²) in [5, 5.41) is 22.4. The van der Waals surface area contributed by atoms with E-state index in [2.05, 4.69) is 36.8 Å². The lowest BCUT2D eigenvalue weighted by molar-refractivity contribution is -0.216. The number of aliphatic hydroxyl groups excluding tert-OH is 2. The molecule has 0 amide bonds. The Morgan fingerprint density at radius 1 is 1.21 bits per heavy atom. The fourth-order valence-corrected chi connectivity index (χ4v) is 2.33. The molecule has 0 bridgehead atoms. The van der Waals surface area contributed by atoms with Crippen molar-refractivity contribution < 1.29 is 19.7 Å². The number of rotatable bonds is 6. The third-order valence-corrected chi connectivity index (χ3v) is 3.86. The molecule has 7 heteroatoms. The predicted molar refractivity (Wildman–Crippen MR) is 94.5 cm³/mol. The van der Waals surface area contributed by atoms with Crippen LogP contribution in [-0.2, 0) is 9.47 Å². The van der Waals surface area contributed by atoms with E-state index in [1.54, 1.807) is 6.21 Å². The molecule has 2 heterocycles. The van der Waals surface area contributed by atoms with Crippen LogP contribution in [-0.4, -0.2) is 54.2 Å². The Balaban J connectivity index is 0.000000400. The van der Waals surface area contributed by atoms with Gasteiger partial charge in [0.2, 0.25) is 0 Å². The smallest absolute Gasteiger partial charge is 0.160 e. The minimum Gasteiger partial charge on any atom is -0.390 e. The number of unbranched alkanes of at least 4 members (excludes halogenated alkanes) is 2. The molecule has 2 rings (SSSR count). The van der Waals surface area contributed by atoms with Crippen molar-refractivity contribution in [2.45, 2.75) is 84.3 Å². The van der Waals surface area contributed by atoms with Gasteiger partial charge in [-0.3, -0.25) is 0 Å². The zero-order chi connectivity index (χ0) is 18.0. The van der Waals surface area contributed by atoms with Crippen molar-refractivity contribution in [1.29, 1.82) is 0 Å². The average molecular weight is 345 g/mol. The number of ether oxygens (including phenoxy) is 2. The van der Waals surface area contributed by atoms with E-state index in [9.17, 15) is 10.2 Å². The van der Waals surface area contributed by atoms with Gasteiger partial charge >= 0.3 is 0 Å². The Kier molecular flexibility index (Phi) is 9.76. The summed E-state index contributed by atoms with van der Waals surface area (Å²) in [5.41, 5.74) is 5.85. The highest BCUT2D eigenvalue weighted by Gasteiger charge is 2.28. The maximum atomic E-state index is 9.47. The first kappa shape index (κ1) is 21.3. The normalized spacial score (nSPS) is 29.8. The summed E-state index contributed by atoms with van der Waals surface area (Å²) in [5.74, 6) is 0. The van der Waals surface area contributed by atoms with Crippen LogP contribution in [0.15, 0.2) is 5.10 Å². The van der Waals surface area contributed by atoms with Crippen LogP contribution in [0.4, 0.5) is 0 Å². The maximum absolute atomic E-state index is 9.47. The second kappa shape index (κ2) is 11.0. The summed E-state index contributed by atoms with van der Waals surface area (Å²) < 4.78 is 10.8. The van der Waals surface area contributed by atoms with Crippen molar-refractivity contribution in [2.75, 3.05) is 13.2 Å². The number of hydrogen-bond acceptors (Lipinski definition) is 7. The highest BCUT2D eigenvalue weighted by atomic mass is 16.7. The standard InChI is InChI=1S/C14H28O4.C3H7N3/c1-14(2,3)7-5-4-6-8-17-13-9-11(15)12(16)10-18-13;1-3-2-4-6-5-3/h11-13,15-16H,4-10H2,1-3H3;2-3,5-6H,1H3. The molecule has 0 saturated carbocycles. The van der Waals surface area contributed by atoms with Crippen LogP contribution in [0.2, 0.25) is 0 Å². The topological polar surface area (TPSA) is 95.3 Å². The molecule has 0 spiro atoms. The minimum absolute atomic E-state index is 0.163. The highest BCUT2D eigenvalue weighted by Crippen LogP contribution is 2.22. The van der Waals surface area contributed by atoms with Gasteiger partial charge in [0.25, 0.3) is 0 Å². The van der Waals surface area contributed by atoms with Gasteiger partial charge in [-0.15, -0.1) is 0 Å². The summed E-state index contributed by atoms with van der Waals surface area (Å²) in [7, 11) is 0. The molecule has 2 aliphatic rings. The number of hydrogen-bond donors (Lipinski definition) is 4. The Morgan fingerprint density at radius 3 is 2.46 bits per heavy atom. The van der Waals surface area contributed by atoms with E-state index in [4.69, 9.17) is 9.47 Å². The van der Waals surface area contributed by atoms with Crippen molar-refractivity contribution in [2.24, 2.45) is 10.5 Å². The van der Waals surface area contributed by atoms with Gasteiger partial charge in [0.1, 0.15) is 6.10 Å². The summed E-state index contributed by atoms with van der Waals surface area (Å²) in [4.78, 5) is 0. The van der Waals surface area contributed by atoms with Gasteiger partial charge in [-0.1, -0.05) is 33.6 Å². The molecule has 24 heavy (non-hydrogen) atoms. The van der Waals surface area contributed by atoms with Gasteiger partial charge < -0.3 is 19.7 Å². The fourth-order valence-electron chi connectivity index (χ4n) is 2.33. The van der Waals surface area contributed by atoms with Crippen LogP contribution in [0.5, 0.6) is 0 Å². The maximum Gasteiger partial charge on any atom is 0.160 e. The highest BCUT2D eigenvalue weighted by molar-refractivity contribution is 5.64. The van der Waals surface area contributed by atoms with Crippen molar-refractivity contribution in [1.82, 2.24) is 11.0 Å². The molecule has 7 nitrogen and oxygen atoms in total. The first-order valence-corrected chi connectivity index (χ1v) is 8.91. The molecule has 4 unspecified atom stereocenters. The van der Waals surface area contributed by atoms with Crippen LogP contribution in [0.1, 0.15) is 59.8 Å². The predicted octanol–water partition coefficient (Wildman–Crippen LogP) is 1.55. The molecule has 1 saturated heterocycles. The molecule has 4 atom stereocenters. The lowest BCUT2D eigenvalue weighted by atomic mass is 9.89. The van der Waals surface area contributed by atoms with Gasteiger partial charge in [0, 0.05) is 19.2 Å². The Morgan fingerprint density at radius 2 is 1.96 bits per heavy atom. The SMILES string of the molecule is CC(C)(C)CCCCCOC1CC(O)C(O)CO1.CC1C=NNN1. The molecule has 1 fully saturated rings. The van der Waals surface area contributed by atoms with Crippen molar-refractivity contribution in [3.63, 3.8) is 0 Å². The molecule has 0 radical (unpaired) electrons. The average Bonchev–Trinajstić information content (AvgIpc) is 2.97. The van der Waals surface area contributed by atoms with E-state index in [0.29, 0.717) is 24.5 Å².